The van der Waals surface area contributed by atoms with Crippen molar-refractivity contribution >= 4 is 11.6 Å². The molecule has 2 rings (SSSR count). The van der Waals surface area contributed by atoms with Crippen molar-refractivity contribution in [2.45, 2.75) is 46.2 Å². The molecular weight excluding hydrogens is 224 g/mol. The van der Waals surface area contributed by atoms with Crippen molar-refractivity contribution in [2.24, 2.45) is 0 Å². The number of amides is 1. The number of rotatable bonds is 3. The lowest BCUT2D eigenvalue weighted by atomic mass is 10.1. The van der Waals surface area contributed by atoms with Gasteiger partial charge < -0.3 is 10.2 Å². The summed E-state index contributed by atoms with van der Waals surface area (Å²) in [7, 11) is 0. The maximum absolute atomic E-state index is 12.1. The molecule has 3 nitrogen and oxygen atoms in total. The van der Waals surface area contributed by atoms with Gasteiger partial charge in [-0.3, -0.25) is 4.79 Å². The maximum atomic E-state index is 12.1. The Morgan fingerprint density at radius 1 is 1.33 bits per heavy atom. The van der Waals surface area contributed by atoms with E-state index >= 15 is 0 Å². The molecule has 18 heavy (non-hydrogen) atoms. The second-order valence-corrected chi connectivity index (χ2v) is 5.52. The van der Waals surface area contributed by atoms with Gasteiger partial charge in [0.05, 0.1) is 0 Å². The fourth-order valence-corrected chi connectivity index (χ4v) is 2.63. The van der Waals surface area contributed by atoms with Crippen LogP contribution in [0, 0.1) is 13.8 Å². The van der Waals surface area contributed by atoms with E-state index in [0.29, 0.717) is 12.5 Å². The van der Waals surface area contributed by atoms with Gasteiger partial charge in [0.15, 0.2) is 0 Å². The summed E-state index contributed by atoms with van der Waals surface area (Å²) in [5.74, 6) is 0.222. The molecule has 0 saturated carbocycles. The van der Waals surface area contributed by atoms with Gasteiger partial charge in [-0.2, -0.15) is 0 Å². The molecule has 1 unspecified atom stereocenters. The van der Waals surface area contributed by atoms with Crippen molar-refractivity contribution in [1.82, 2.24) is 5.32 Å². The quantitative estimate of drug-likeness (QED) is 0.888. The first-order chi connectivity index (χ1) is 8.47. The van der Waals surface area contributed by atoms with E-state index in [1.54, 1.807) is 0 Å². The third-order valence-electron chi connectivity index (χ3n) is 3.34. The third-order valence-corrected chi connectivity index (χ3v) is 3.34. The summed E-state index contributed by atoms with van der Waals surface area (Å²) in [6.07, 6.45) is 0.603. The zero-order valence-corrected chi connectivity index (χ0v) is 11.7. The van der Waals surface area contributed by atoms with Gasteiger partial charge in [-0.1, -0.05) is 31.5 Å². The highest BCUT2D eigenvalue weighted by atomic mass is 16.2. The number of nitrogens with zero attached hydrogens (tertiary/aromatic N) is 1. The summed E-state index contributed by atoms with van der Waals surface area (Å²) in [6, 6.07) is 6.95. The van der Waals surface area contributed by atoms with Crippen LogP contribution in [0.2, 0.25) is 0 Å². The molecule has 1 aliphatic heterocycles. The van der Waals surface area contributed by atoms with Crippen molar-refractivity contribution in [3.8, 4) is 0 Å². The van der Waals surface area contributed by atoms with Crippen LogP contribution >= 0.6 is 0 Å². The van der Waals surface area contributed by atoms with Crippen molar-refractivity contribution in [2.75, 3.05) is 11.4 Å². The van der Waals surface area contributed by atoms with E-state index in [1.165, 1.54) is 11.1 Å². The fourth-order valence-electron chi connectivity index (χ4n) is 2.63. The van der Waals surface area contributed by atoms with Gasteiger partial charge in [0, 0.05) is 30.7 Å². The van der Waals surface area contributed by atoms with Crippen LogP contribution in [0.15, 0.2) is 18.2 Å². The molecule has 0 aliphatic carbocycles. The van der Waals surface area contributed by atoms with Crippen LogP contribution in [-0.2, 0) is 4.79 Å². The van der Waals surface area contributed by atoms with Gasteiger partial charge in [0.1, 0.15) is 0 Å². The minimum absolute atomic E-state index is 0.222. The predicted molar refractivity (Wildman–Crippen MR) is 74.9 cm³/mol. The average Bonchev–Trinajstić information content (AvgIpc) is 2.58. The first-order valence-corrected chi connectivity index (χ1v) is 6.61. The Bertz CT molecular complexity index is 454. The normalized spacial score (nSPS) is 19.9. The van der Waals surface area contributed by atoms with Gasteiger partial charge in [0.2, 0.25) is 5.91 Å². The number of carbonyl (C=O) groups is 1. The molecular formula is C15H22N2O. The fraction of sp³-hybridized carbons (Fsp3) is 0.533. The smallest absolute Gasteiger partial charge is 0.228 e. The molecule has 1 aromatic carbocycles. The average molecular weight is 246 g/mol. The number of aryl methyl sites for hydroxylation is 2. The van der Waals surface area contributed by atoms with E-state index < -0.39 is 0 Å². The number of hydrogen-bond acceptors (Lipinski definition) is 2. The molecule has 0 bridgehead atoms. The molecule has 1 heterocycles. The van der Waals surface area contributed by atoms with Crippen LogP contribution in [-0.4, -0.2) is 24.5 Å². The Labute approximate surface area is 109 Å². The summed E-state index contributed by atoms with van der Waals surface area (Å²) in [5, 5.41) is 3.44. The van der Waals surface area contributed by atoms with E-state index in [4.69, 9.17) is 0 Å². The molecule has 0 spiro atoms. The minimum Gasteiger partial charge on any atom is -0.311 e. The molecule has 1 aliphatic rings. The van der Waals surface area contributed by atoms with E-state index in [9.17, 15) is 4.79 Å². The molecule has 1 amide bonds. The summed E-state index contributed by atoms with van der Waals surface area (Å²) in [6.45, 7) is 9.15. The van der Waals surface area contributed by atoms with Crippen LogP contribution in [0.1, 0.15) is 31.4 Å². The molecule has 98 valence electrons. The van der Waals surface area contributed by atoms with E-state index in [2.05, 4.69) is 51.2 Å². The highest BCUT2D eigenvalue weighted by molar-refractivity contribution is 5.96. The number of anilines is 1. The second-order valence-electron chi connectivity index (χ2n) is 5.52. The van der Waals surface area contributed by atoms with E-state index in [-0.39, 0.29) is 11.9 Å². The molecule has 1 saturated heterocycles. The Morgan fingerprint density at radius 2 is 2.06 bits per heavy atom. The molecule has 3 heteroatoms. The molecule has 0 aromatic heterocycles. The summed E-state index contributed by atoms with van der Waals surface area (Å²) in [4.78, 5) is 14.0. The van der Waals surface area contributed by atoms with Gasteiger partial charge in [0.25, 0.3) is 0 Å². The van der Waals surface area contributed by atoms with Crippen molar-refractivity contribution in [3.63, 3.8) is 0 Å². The van der Waals surface area contributed by atoms with E-state index in [0.717, 1.165) is 12.2 Å². The lowest BCUT2D eigenvalue weighted by Gasteiger charge is -2.20. The van der Waals surface area contributed by atoms with Crippen molar-refractivity contribution in [1.29, 1.82) is 0 Å². The standard InChI is InChI=1S/C15H22N2O/c1-10(2)16-13-8-15(18)17(9-13)14-6-5-11(3)7-12(14)4/h5-7,10,13,16H,8-9H2,1-4H3. The molecule has 1 N–H and O–H groups in total. The Kier molecular flexibility index (Phi) is 3.71. The largest absolute Gasteiger partial charge is 0.311 e. The Hall–Kier alpha value is -1.35. The van der Waals surface area contributed by atoms with Gasteiger partial charge in [-0.25, -0.2) is 0 Å². The maximum Gasteiger partial charge on any atom is 0.228 e. The van der Waals surface area contributed by atoms with E-state index in [1.807, 2.05) is 4.90 Å². The molecule has 1 fully saturated rings. The first kappa shape index (κ1) is 13.1. The first-order valence-electron chi connectivity index (χ1n) is 6.61. The van der Waals surface area contributed by atoms with Gasteiger partial charge in [-0.15, -0.1) is 0 Å². The van der Waals surface area contributed by atoms with Crippen molar-refractivity contribution < 1.29 is 4.79 Å². The lowest BCUT2D eigenvalue weighted by Crippen LogP contribution is -2.37. The Morgan fingerprint density at radius 3 is 2.67 bits per heavy atom. The predicted octanol–water partition coefficient (Wildman–Crippen LogP) is 2.41. The highest BCUT2D eigenvalue weighted by Gasteiger charge is 2.31. The zero-order chi connectivity index (χ0) is 13.3. The number of benzene rings is 1. The number of nitrogens with one attached hydrogen (secondary N) is 1. The molecule has 1 atom stereocenters. The van der Waals surface area contributed by atoms with Crippen LogP contribution in [0.5, 0.6) is 0 Å². The molecule has 1 aromatic rings. The monoisotopic (exact) mass is 246 g/mol. The van der Waals surface area contributed by atoms with Crippen molar-refractivity contribution in [3.05, 3.63) is 29.3 Å². The van der Waals surface area contributed by atoms with Crippen LogP contribution < -0.4 is 10.2 Å². The van der Waals surface area contributed by atoms with Crippen LogP contribution in [0.25, 0.3) is 0 Å². The number of carbonyl (C=O) groups excluding carboxylic acids is 1. The van der Waals surface area contributed by atoms with Gasteiger partial charge >= 0.3 is 0 Å². The summed E-state index contributed by atoms with van der Waals surface area (Å²) in [5.41, 5.74) is 3.46. The second kappa shape index (κ2) is 5.11. The summed E-state index contributed by atoms with van der Waals surface area (Å²) < 4.78 is 0. The number of hydrogen-bond donors (Lipinski definition) is 1. The summed E-state index contributed by atoms with van der Waals surface area (Å²) >= 11 is 0. The minimum atomic E-state index is 0.222. The zero-order valence-electron chi connectivity index (χ0n) is 11.7. The van der Waals surface area contributed by atoms with Crippen LogP contribution in [0.4, 0.5) is 5.69 Å². The highest BCUT2D eigenvalue weighted by Crippen LogP contribution is 2.26. The SMILES string of the molecule is Cc1ccc(N2CC(NC(C)C)CC2=O)c(C)c1. The van der Waals surface area contributed by atoms with Gasteiger partial charge in [-0.05, 0) is 25.5 Å². The molecule has 0 radical (unpaired) electrons. The lowest BCUT2D eigenvalue weighted by molar-refractivity contribution is -0.117. The Balaban J connectivity index is 2.16. The third kappa shape index (κ3) is 2.72. The topological polar surface area (TPSA) is 32.3 Å². The van der Waals surface area contributed by atoms with Crippen LogP contribution in [0.3, 0.4) is 0 Å².